The molecule has 0 saturated carbocycles. The first-order valence-electron chi connectivity index (χ1n) is 7.90. The zero-order valence-electron chi connectivity index (χ0n) is 14.0. The summed E-state index contributed by atoms with van der Waals surface area (Å²) in [6.07, 6.45) is 0. The van der Waals surface area contributed by atoms with E-state index in [4.69, 9.17) is 25.8 Å². The topological polar surface area (TPSA) is 103 Å². The normalized spacial score (nSPS) is 11.6. The van der Waals surface area contributed by atoms with Gasteiger partial charge in [-0.2, -0.15) is 0 Å². The lowest BCUT2D eigenvalue weighted by Crippen LogP contribution is -2.32. The number of esters is 1. The number of amides is 2. The van der Waals surface area contributed by atoms with Gasteiger partial charge in [0.05, 0.1) is 0 Å². The molecule has 1 aliphatic heterocycles. The average Bonchev–Trinajstić information content (AvgIpc) is 3.14. The highest BCUT2D eigenvalue weighted by atomic mass is 35.5. The molecule has 0 saturated heterocycles. The lowest BCUT2D eigenvalue weighted by molar-refractivity contribution is -0.146. The van der Waals surface area contributed by atoms with Gasteiger partial charge in [-0.3, -0.25) is 14.4 Å². The van der Waals surface area contributed by atoms with Crippen LogP contribution >= 0.6 is 11.6 Å². The van der Waals surface area contributed by atoms with Crippen molar-refractivity contribution in [2.24, 2.45) is 0 Å². The fourth-order valence-corrected chi connectivity index (χ4v) is 2.35. The Morgan fingerprint density at radius 1 is 1.04 bits per heavy atom. The molecule has 0 atom stereocenters. The third kappa shape index (κ3) is 5.11. The summed E-state index contributed by atoms with van der Waals surface area (Å²) in [5.74, 6) is -0.708. The van der Waals surface area contributed by atoms with Gasteiger partial charge >= 0.3 is 5.97 Å². The van der Waals surface area contributed by atoms with Crippen molar-refractivity contribution in [3.63, 3.8) is 0 Å². The summed E-state index contributed by atoms with van der Waals surface area (Å²) < 4.78 is 15.2. The van der Waals surface area contributed by atoms with Gasteiger partial charge < -0.3 is 24.8 Å². The maximum atomic E-state index is 12.1. The van der Waals surface area contributed by atoms with Crippen LogP contribution in [-0.2, 0) is 14.3 Å². The van der Waals surface area contributed by atoms with Gasteiger partial charge in [-0.1, -0.05) is 11.6 Å². The molecule has 8 nitrogen and oxygen atoms in total. The van der Waals surface area contributed by atoms with Crippen LogP contribution in [0.25, 0.3) is 0 Å². The van der Waals surface area contributed by atoms with Crippen LogP contribution in [0.1, 0.15) is 10.4 Å². The number of hydrogen-bond acceptors (Lipinski definition) is 6. The van der Waals surface area contributed by atoms with Gasteiger partial charge in [0.2, 0.25) is 6.79 Å². The minimum atomic E-state index is -0.740. The molecule has 9 heteroatoms. The first kappa shape index (κ1) is 18.5. The third-order valence-electron chi connectivity index (χ3n) is 3.52. The molecular formula is C18H15ClN2O6. The molecule has 27 heavy (non-hydrogen) atoms. The van der Waals surface area contributed by atoms with E-state index in [1.54, 1.807) is 36.4 Å². The van der Waals surface area contributed by atoms with Gasteiger partial charge in [0.15, 0.2) is 18.1 Å². The molecule has 140 valence electrons. The standard InChI is InChI=1S/C18H15ClN2O6/c19-12-2-4-13(5-3-12)21-16(22)9-25-17(23)8-20-18(24)11-1-6-14-15(7-11)27-10-26-14/h1-7H,8-10H2,(H,20,24)(H,21,22). The van der Waals surface area contributed by atoms with Crippen molar-refractivity contribution in [3.8, 4) is 11.5 Å². The van der Waals surface area contributed by atoms with E-state index in [9.17, 15) is 14.4 Å². The molecule has 0 unspecified atom stereocenters. The fourth-order valence-electron chi connectivity index (χ4n) is 2.22. The van der Waals surface area contributed by atoms with Crippen molar-refractivity contribution in [1.29, 1.82) is 0 Å². The van der Waals surface area contributed by atoms with Gasteiger partial charge in [-0.25, -0.2) is 0 Å². The molecule has 1 heterocycles. The summed E-state index contributed by atoms with van der Waals surface area (Å²) in [7, 11) is 0. The van der Waals surface area contributed by atoms with Crippen molar-refractivity contribution in [1.82, 2.24) is 5.32 Å². The predicted octanol–water partition coefficient (Wildman–Crippen LogP) is 1.98. The van der Waals surface area contributed by atoms with Crippen LogP contribution in [0, 0.1) is 0 Å². The molecule has 0 radical (unpaired) electrons. The number of fused-ring (bicyclic) bond motifs is 1. The third-order valence-corrected chi connectivity index (χ3v) is 3.77. The predicted molar refractivity (Wildman–Crippen MR) is 95.9 cm³/mol. The number of carbonyl (C=O) groups excluding carboxylic acids is 3. The van der Waals surface area contributed by atoms with Gasteiger partial charge in [-0.05, 0) is 42.5 Å². The second-order valence-electron chi connectivity index (χ2n) is 5.47. The quantitative estimate of drug-likeness (QED) is 0.731. The first-order chi connectivity index (χ1) is 13.0. The van der Waals surface area contributed by atoms with Crippen LogP contribution in [0.5, 0.6) is 11.5 Å². The van der Waals surface area contributed by atoms with Gasteiger partial charge in [0, 0.05) is 16.3 Å². The van der Waals surface area contributed by atoms with Crippen molar-refractivity contribution in [3.05, 3.63) is 53.1 Å². The van der Waals surface area contributed by atoms with E-state index in [0.29, 0.717) is 27.8 Å². The highest BCUT2D eigenvalue weighted by molar-refractivity contribution is 6.30. The molecule has 0 bridgehead atoms. The average molecular weight is 391 g/mol. The number of nitrogens with one attached hydrogen (secondary N) is 2. The molecule has 2 N–H and O–H groups in total. The Hall–Kier alpha value is -3.26. The van der Waals surface area contributed by atoms with E-state index < -0.39 is 24.4 Å². The molecule has 2 amide bonds. The molecule has 0 aromatic heterocycles. The number of hydrogen-bond donors (Lipinski definition) is 2. The Labute approximate surface area is 159 Å². The fraction of sp³-hybridized carbons (Fsp3) is 0.167. The van der Waals surface area contributed by atoms with Crippen LogP contribution in [0.3, 0.4) is 0 Å². The number of ether oxygens (including phenoxy) is 3. The van der Waals surface area contributed by atoms with E-state index >= 15 is 0 Å². The van der Waals surface area contributed by atoms with Gasteiger partial charge in [0.25, 0.3) is 11.8 Å². The molecule has 0 fully saturated rings. The van der Waals surface area contributed by atoms with E-state index in [1.807, 2.05) is 0 Å². The zero-order chi connectivity index (χ0) is 19.2. The van der Waals surface area contributed by atoms with E-state index in [0.717, 1.165) is 0 Å². The van der Waals surface area contributed by atoms with Crippen molar-refractivity contribution in [2.75, 3.05) is 25.3 Å². The molecule has 3 rings (SSSR count). The van der Waals surface area contributed by atoms with Crippen LogP contribution < -0.4 is 20.1 Å². The maximum Gasteiger partial charge on any atom is 0.325 e. The summed E-state index contributed by atoms with van der Waals surface area (Å²) in [5, 5.41) is 5.50. The summed E-state index contributed by atoms with van der Waals surface area (Å²) in [6, 6.07) is 11.2. The van der Waals surface area contributed by atoms with Crippen LogP contribution in [-0.4, -0.2) is 37.7 Å². The number of rotatable bonds is 6. The highest BCUT2D eigenvalue weighted by Gasteiger charge is 2.17. The van der Waals surface area contributed by atoms with Gasteiger partial charge in [0.1, 0.15) is 6.54 Å². The minimum Gasteiger partial charge on any atom is -0.454 e. The van der Waals surface area contributed by atoms with Crippen molar-refractivity contribution < 1.29 is 28.6 Å². The zero-order valence-corrected chi connectivity index (χ0v) is 14.7. The Bertz CT molecular complexity index is 869. The van der Waals surface area contributed by atoms with Crippen LogP contribution in [0.15, 0.2) is 42.5 Å². The lowest BCUT2D eigenvalue weighted by atomic mass is 10.2. The molecule has 0 spiro atoms. The molecule has 1 aliphatic rings. The highest BCUT2D eigenvalue weighted by Crippen LogP contribution is 2.32. The second-order valence-corrected chi connectivity index (χ2v) is 5.90. The Kier molecular flexibility index (Phi) is 5.77. The summed E-state index contributed by atoms with van der Waals surface area (Å²) in [6.45, 7) is -0.742. The van der Waals surface area contributed by atoms with Crippen LogP contribution in [0.2, 0.25) is 5.02 Å². The Morgan fingerprint density at radius 2 is 1.78 bits per heavy atom. The van der Waals surface area contributed by atoms with Crippen molar-refractivity contribution >= 4 is 35.1 Å². The first-order valence-corrected chi connectivity index (χ1v) is 8.28. The number of benzene rings is 2. The van der Waals surface area contributed by atoms with E-state index in [1.165, 1.54) is 6.07 Å². The maximum absolute atomic E-state index is 12.1. The Balaban J connectivity index is 1.40. The Morgan fingerprint density at radius 3 is 2.56 bits per heavy atom. The largest absolute Gasteiger partial charge is 0.454 e. The number of anilines is 1. The monoisotopic (exact) mass is 390 g/mol. The molecule has 0 aliphatic carbocycles. The number of halogens is 1. The second kappa shape index (κ2) is 8.41. The van der Waals surface area contributed by atoms with E-state index in [2.05, 4.69) is 10.6 Å². The van der Waals surface area contributed by atoms with Crippen LogP contribution in [0.4, 0.5) is 5.69 Å². The van der Waals surface area contributed by atoms with Gasteiger partial charge in [-0.15, -0.1) is 0 Å². The lowest BCUT2D eigenvalue weighted by Gasteiger charge is -2.08. The molecule has 2 aromatic rings. The summed E-state index contributed by atoms with van der Waals surface area (Å²) >= 11 is 5.75. The molecular weight excluding hydrogens is 376 g/mol. The van der Waals surface area contributed by atoms with E-state index in [-0.39, 0.29) is 13.3 Å². The summed E-state index contributed by atoms with van der Waals surface area (Å²) in [4.78, 5) is 35.5. The minimum absolute atomic E-state index is 0.102. The SMILES string of the molecule is O=C(COC(=O)CNC(=O)c1ccc2c(c1)OCO2)Nc1ccc(Cl)cc1. The number of carbonyl (C=O) groups is 3. The summed E-state index contributed by atoms with van der Waals surface area (Å²) in [5.41, 5.74) is 0.837. The van der Waals surface area contributed by atoms with Crippen molar-refractivity contribution in [2.45, 2.75) is 0 Å². The smallest absolute Gasteiger partial charge is 0.325 e. The molecule has 2 aromatic carbocycles.